The molecule has 0 radical (unpaired) electrons. The summed E-state index contributed by atoms with van der Waals surface area (Å²) in [7, 11) is 0. The Bertz CT molecular complexity index is 804. The Kier molecular flexibility index (Phi) is 3.79. The minimum absolute atomic E-state index is 0.0150. The Morgan fingerprint density at radius 1 is 0.955 bits per heavy atom. The van der Waals surface area contributed by atoms with Gasteiger partial charge < -0.3 is 10.6 Å². The molecule has 3 aromatic carbocycles. The van der Waals surface area contributed by atoms with Gasteiger partial charge >= 0.3 is 0 Å². The lowest BCUT2D eigenvalue weighted by atomic mass is 10.1. The van der Waals surface area contributed by atoms with Crippen LogP contribution in [0, 0.1) is 0 Å². The van der Waals surface area contributed by atoms with Crippen molar-refractivity contribution in [2.24, 2.45) is 0 Å². The zero-order valence-corrected chi connectivity index (χ0v) is 12.5. The summed E-state index contributed by atoms with van der Waals surface area (Å²) in [5.41, 5.74) is 7.93. The van der Waals surface area contributed by atoms with Crippen molar-refractivity contribution in [1.82, 2.24) is 0 Å². The Labute approximate surface area is 130 Å². The summed E-state index contributed by atoms with van der Waals surface area (Å²) in [5.74, 6) is -0.0150. The number of amides is 1. The van der Waals surface area contributed by atoms with Gasteiger partial charge in [0, 0.05) is 23.2 Å². The molecular formula is C19H18N2O. The smallest absolute Gasteiger partial charge is 0.258 e. The topological polar surface area (TPSA) is 46.3 Å². The fraction of sp³-hybridized carbons (Fsp3) is 0.105. The lowest BCUT2D eigenvalue weighted by molar-refractivity contribution is 0.0988. The first-order chi connectivity index (χ1) is 10.7. The second kappa shape index (κ2) is 5.90. The maximum Gasteiger partial charge on any atom is 0.258 e. The highest BCUT2D eigenvalue weighted by molar-refractivity contribution is 6.10. The highest BCUT2D eigenvalue weighted by Crippen LogP contribution is 2.27. The maximum absolute atomic E-state index is 12.8. The number of carbonyl (C=O) groups excluding carboxylic acids is 1. The molecule has 22 heavy (non-hydrogen) atoms. The molecule has 0 aliphatic heterocycles. The van der Waals surface area contributed by atoms with E-state index >= 15 is 0 Å². The van der Waals surface area contributed by atoms with Crippen molar-refractivity contribution < 1.29 is 4.79 Å². The molecule has 0 aliphatic carbocycles. The number of nitrogen functional groups attached to an aromatic ring is 1. The lowest BCUT2D eigenvalue weighted by Crippen LogP contribution is -2.30. The summed E-state index contributed by atoms with van der Waals surface area (Å²) < 4.78 is 0. The van der Waals surface area contributed by atoms with E-state index < -0.39 is 0 Å². The molecule has 0 aliphatic rings. The molecule has 0 unspecified atom stereocenters. The van der Waals surface area contributed by atoms with Crippen LogP contribution in [0.15, 0.2) is 66.7 Å². The first-order valence-corrected chi connectivity index (χ1v) is 7.36. The Hall–Kier alpha value is -2.81. The van der Waals surface area contributed by atoms with E-state index in [0.717, 1.165) is 16.5 Å². The standard InChI is InChI=1S/C19H18N2O/c1-2-21(19(22)15-10-12-16(20)13-11-15)18-9-5-7-14-6-3-4-8-17(14)18/h3-13H,2,20H2,1H3. The third-order valence-electron chi connectivity index (χ3n) is 3.78. The van der Waals surface area contributed by atoms with E-state index in [2.05, 4.69) is 12.1 Å². The molecule has 0 heterocycles. The summed E-state index contributed by atoms with van der Waals surface area (Å²) >= 11 is 0. The molecule has 110 valence electrons. The molecule has 2 N–H and O–H groups in total. The summed E-state index contributed by atoms with van der Waals surface area (Å²) in [5, 5.41) is 2.21. The molecule has 0 spiro atoms. The van der Waals surface area contributed by atoms with E-state index in [-0.39, 0.29) is 5.91 Å². The van der Waals surface area contributed by atoms with Crippen LogP contribution in [0.25, 0.3) is 10.8 Å². The maximum atomic E-state index is 12.8. The highest BCUT2D eigenvalue weighted by atomic mass is 16.2. The normalized spacial score (nSPS) is 10.6. The van der Waals surface area contributed by atoms with Crippen LogP contribution in [-0.2, 0) is 0 Å². The fourth-order valence-corrected chi connectivity index (χ4v) is 2.65. The van der Waals surface area contributed by atoms with Crippen molar-refractivity contribution in [3.63, 3.8) is 0 Å². The summed E-state index contributed by atoms with van der Waals surface area (Å²) in [6, 6.07) is 21.2. The minimum atomic E-state index is -0.0150. The first kappa shape index (κ1) is 14.1. The number of benzene rings is 3. The van der Waals surface area contributed by atoms with Gasteiger partial charge in [0.25, 0.3) is 5.91 Å². The summed E-state index contributed by atoms with van der Waals surface area (Å²) in [4.78, 5) is 14.6. The molecule has 1 amide bonds. The number of nitrogens with zero attached hydrogens (tertiary/aromatic N) is 1. The monoisotopic (exact) mass is 290 g/mol. The molecule has 0 saturated heterocycles. The molecule has 0 atom stereocenters. The van der Waals surface area contributed by atoms with Crippen molar-refractivity contribution >= 4 is 28.1 Å². The highest BCUT2D eigenvalue weighted by Gasteiger charge is 2.17. The molecule has 0 aromatic heterocycles. The Balaban J connectivity index is 2.06. The summed E-state index contributed by atoms with van der Waals surface area (Å²) in [6.07, 6.45) is 0. The van der Waals surface area contributed by atoms with E-state index in [0.29, 0.717) is 17.8 Å². The molecule has 3 heteroatoms. The van der Waals surface area contributed by atoms with Gasteiger partial charge in [0.15, 0.2) is 0 Å². The molecule has 3 rings (SSSR count). The molecule has 3 aromatic rings. The van der Waals surface area contributed by atoms with Crippen LogP contribution in [0.3, 0.4) is 0 Å². The van der Waals surface area contributed by atoms with E-state index in [1.54, 1.807) is 29.2 Å². The molecule has 0 bridgehead atoms. The predicted octanol–water partition coefficient (Wildman–Crippen LogP) is 4.09. The third kappa shape index (κ3) is 2.53. The van der Waals surface area contributed by atoms with Crippen LogP contribution in [0.1, 0.15) is 17.3 Å². The molecular weight excluding hydrogens is 272 g/mol. The average molecular weight is 290 g/mol. The van der Waals surface area contributed by atoms with Crippen molar-refractivity contribution in [3.05, 3.63) is 72.3 Å². The third-order valence-corrected chi connectivity index (χ3v) is 3.78. The van der Waals surface area contributed by atoms with E-state index in [1.165, 1.54) is 0 Å². The quantitative estimate of drug-likeness (QED) is 0.738. The zero-order valence-electron chi connectivity index (χ0n) is 12.5. The van der Waals surface area contributed by atoms with Gasteiger partial charge in [-0.1, -0.05) is 36.4 Å². The fourth-order valence-electron chi connectivity index (χ4n) is 2.65. The van der Waals surface area contributed by atoms with E-state index in [9.17, 15) is 4.79 Å². The largest absolute Gasteiger partial charge is 0.399 e. The average Bonchev–Trinajstić information content (AvgIpc) is 2.56. The van der Waals surface area contributed by atoms with Gasteiger partial charge in [-0.2, -0.15) is 0 Å². The van der Waals surface area contributed by atoms with Crippen LogP contribution in [0.2, 0.25) is 0 Å². The number of nitrogens with two attached hydrogens (primary N) is 1. The van der Waals surface area contributed by atoms with Gasteiger partial charge in [0.1, 0.15) is 0 Å². The van der Waals surface area contributed by atoms with Gasteiger partial charge in [-0.3, -0.25) is 4.79 Å². The van der Waals surface area contributed by atoms with Gasteiger partial charge in [0.05, 0.1) is 5.69 Å². The van der Waals surface area contributed by atoms with Crippen molar-refractivity contribution in [1.29, 1.82) is 0 Å². The lowest BCUT2D eigenvalue weighted by Gasteiger charge is -2.23. The minimum Gasteiger partial charge on any atom is -0.399 e. The Morgan fingerprint density at radius 3 is 2.36 bits per heavy atom. The van der Waals surface area contributed by atoms with Gasteiger partial charge in [-0.15, -0.1) is 0 Å². The zero-order chi connectivity index (χ0) is 15.5. The van der Waals surface area contributed by atoms with E-state index in [1.807, 2.05) is 37.3 Å². The van der Waals surface area contributed by atoms with Crippen LogP contribution in [-0.4, -0.2) is 12.5 Å². The number of rotatable bonds is 3. The number of hydrogen-bond donors (Lipinski definition) is 1. The number of carbonyl (C=O) groups is 1. The van der Waals surface area contributed by atoms with Crippen molar-refractivity contribution in [2.45, 2.75) is 6.92 Å². The first-order valence-electron chi connectivity index (χ1n) is 7.36. The van der Waals surface area contributed by atoms with Gasteiger partial charge in [-0.05, 0) is 42.6 Å². The van der Waals surface area contributed by atoms with Crippen LogP contribution >= 0.6 is 0 Å². The van der Waals surface area contributed by atoms with Crippen molar-refractivity contribution in [3.8, 4) is 0 Å². The van der Waals surface area contributed by atoms with Crippen LogP contribution in [0.4, 0.5) is 11.4 Å². The molecule has 0 saturated carbocycles. The number of fused-ring (bicyclic) bond motifs is 1. The van der Waals surface area contributed by atoms with Gasteiger partial charge in [0.2, 0.25) is 0 Å². The molecule has 0 fully saturated rings. The number of anilines is 2. The second-order valence-corrected chi connectivity index (χ2v) is 5.17. The predicted molar refractivity (Wildman–Crippen MR) is 92.2 cm³/mol. The SMILES string of the molecule is CCN(C(=O)c1ccc(N)cc1)c1cccc2ccccc12. The second-order valence-electron chi connectivity index (χ2n) is 5.17. The summed E-state index contributed by atoms with van der Waals surface area (Å²) in [6.45, 7) is 2.59. The van der Waals surface area contributed by atoms with Crippen molar-refractivity contribution in [2.75, 3.05) is 17.2 Å². The van der Waals surface area contributed by atoms with E-state index in [4.69, 9.17) is 5.73 Å². The van der Waals surface area contributed by atoms with Crippen LogP contribution in [0.5, 0.6) is 0 Å². The molecule has 3 nitrogen and oxygen atoms in total. The number of hydrogen-bond acceptors (Lipinski definition) is 2. The van der Waals surface area contributed by atoms with Gasteiger partial charge in [-0.25, -0.2) is 0 Å². The Morgan fingerprint density at radius 2 is 1.64 bits per heavy atom. The van der Waals surface area contributed by atoms with Crippen LogP contribution < -0.4 is 10.6 Å².